The minimum atomic E-state index is -0.0415. The van der Waals surface area contributed by atoms with E-state index in [1.54, 1.807) is 6.07 Å². The molecule has 0 radical (unpaired) electrons. The SMILES string of the molecule is CCOc1ccc(CN2CCCC(C(=O)c3ccc(Cl)cc3C)C2)cc1CO. The Morgan fingerprint density at radius 1 is 1.29 bits per heavy atom. The largest absolute Gasteiger partial charge is 0.494 e. The van der Waals surface area contributed by atoms with Crippen molar-refractivity contribution in [1.82, 2.24) is 4.90 Å². The molecule has 0 spiro atoms. The van der Waals surface area contributed by atoms with Crippen LogP contribution in [0.5, 0.6) is 5.75 Å². The van der Waals surface area contributed by atoms with Crippen molar-refractivity contribution in [3.63, 3.8) is 0 Å². The summed E-state index contributed by atoms with van der Waals surface area (Å²) in [6.45, 7) is 6.90. The number of hydrogen-bond acceptors (Lipinski definition) is 4. The van der Waals surface area contributed by atoms with Crippen molar-refractivity contribution in [3.05, 3.63) is 63.7 Å². The molecule has 28 heavy (non-hydrogen) atoms. The number of hydrogen-bond donors (Lipinski definition) is 1. The van der Waals surface area contributed by atoms with Gasteiger partial charge in [-0.3, -0.25) is 9.69 Å². The monoisotopic (exact) mass is 401 g/mol. The standard InChI is InChI=1S/C23H28ClNO3/c1-3-28-22-9-6-17(12-19(22)15-26)13-25-10-4-5-18(14-25)23(27)21-8-7-20(24)11-16(21)2/h6-9,11-12,18,26H,3-5,10,13-15H2,1-2H3. The Hall–Kier alpha value is -1.88. The first-order valence-corrected chi connectivity index (χ1v) is 10.3. The Balaban J connectivity index is 1.69. The topological polar surface area (TPSA) is 49.8 Å². The molecule has 5 heteroatoms. The van der Waals surface area contributed by atoms with Crippen molar-refractivity contribution in [2.75, 3.05) is 19.7 Å². The smallest absolute Gasteiger partial charge is 0.167 e. The molecule has 3 rings (SSSR count). The second-order valence-corrected chi connectivity index (χ2v) is 7.87. The summed E-state index contributed by atoms with van der Waals surface area (Å²) < 4.78 is 5.56. The van der Waals surface area contributed by atoms with Crippen molar-refractivity contribution in [2.45, 2.75) is 39.8 Å². The molecule has 0 amide bonds. The maximum absolute atomic E-state index is 13.0. The average molecular weight is 402 g/mol. The summed E-state index contributed by atoms with van der Waals surface area (Å²) in [6.07, 6.45) is 1.93. The van der Waals surface area contributed by atoms with Gasteiger partial charge in [-0.2, -0.15) is 0 Å². The number of Topliss-reactive ketones (excluding diaryl/α,β-unsaturated/α-hetero) is 1. The summed E-state index contributed by atoms with van der Waals surface area (Å²) in [4.78, 5) is 15.4. The molecule has 0 aliphatic carbocycles. The van der Waals surface area contributed by atoms with Gasteiger partial charge >= 0.3 is 0 Å². The predicted octanol–water partition coefficient (Wildman–Crippen LogP) is 4.63. The number of aliphatic hydroxyl groups is 1. The number of ketones is 1. The van der Waals surface area contributed by atoms with Crippen LogP contribution < -0.4 is 4.74 Å². The van der Waals surface area contributed by atoms with Gasteiger partial charge in [0.2, 0.25) is 0 Å². The van der Waals surface area contributed by atoms with Gasteiger partial charge in [0.25, 0.3) is 0 Å². The van der Waals surface area contributed by atoms with Crippen molar-refractivity contribution in [2.24, 2.45) is 5.92 Å². The molecule has 1 fully saturated rings. The highest BCUT2D eigenvalue weighted by atomic mass is 35.5. The molecule has 4 nitrogen and oxygen atoms in total. The normalized spacial score (nSPS) is 17.5. The lowest BCUT2D eigenvalue weighted by Crippen LogP contribution is -2.38. The molecular formula is C23H28ClNO3. The molecule has 1 aliphatic rings. The molecule has 0 bridgehead atoms. The van der Waals surface area contributed by atoms with Crippen LogP contribution in [0.2, 0.25) is 5.02 Å². The number of aryl methyl sites for hydroxylation is 1. The van der Waals surface area contributed by atoms with Crippen molar-refractivity contribution < 1.29 is 14.6 Å². The Morgan fingerprint density at radius 3 is 2.82 bits per heavy atom. The first-order valence-electron chi connectivity index (χ1n) is 9.90. The summed E-state index contributed by atoms with van der Waals surface area (Å²) in [6, 6.07) is 11.5. The van der Waals surface area contributed by atoms with Gasteiger partial charge in [-0.25, -0.2) is 0 Å². The van der Waals surface area contributed by atoms with Gasteiger partial charge in [-0.15, -0.1) is 0 Å². The van der Waals surface area contributed by atoms with Crippen LogP contribution in [0.25, 0.3) is 0 Å². The van der Waals surface area contributed by atoms with E-state index in [1.165, 1.54) is 0 Å². The lowest BCUT2D eigenvalue weighted by molar-refractivity contribution is 0.0811. The quantitative estimate of drug-likeness (QED) is 0.687. The van der Waals surface area contributed by atoms with E-state index in [0.717, 1.165) is 60.5 Å². The molecule has 1 N–H and O–H groups in total. The van der Waals surface area contributed by atoms with Gasteiger partial charge in [0.1, 0.15) is 5.75 Å². The maximum Gasteiger partial charge on any atom is 0.167 e. The van der Waals surface area contributed by atoms with Crippen LogP contribution in [0.4, 0.5) is 0 Å². The molecule has 1 heterocycles. The van der Waals surface area contributed by atoms with E-state index in [4.69, 9.17) is 16.3 Å². The highest BCUT2D eigenvalue weighted by Crippen LogP contribution is 2.26. The Morgan fingerprint density at radius 2 is 2.11 bits per heavy atom. The molecule has 1 atom stereocenters. The van der Waals surface area contributed by atoms with E-state index in [0.29, 0.717) is 11.6 Å². The molecule has 0 aromatic heterocycles. The van der Waals surface area contributed by atoms with Gasteiger partial charge in [-0.05, 0) is 74.7 Å². The molecular weight excluding hydrogens is 374 g/mol. The predicted molar refractivity (Wildman–Crippen MR) is 112 cm³/mol. The zero-order valence-electron chi connectivity index (χ0n) is 16.6. The Kier molecular flexibility index (Phi) is 7.11. The van der Waals surface area contributed by atoms with Crippen molar-refractivity contribution in [1.29, 1.82) is 0 Å². The number of benzene rings is 2. The van der Waals surface area contributed by atoms with E-state index in [-0.39, 0.29) is 18.3 Å². The van der Waals surface area contributed by atoms with Crippen LogP contribution in [0.15, 0.2) is 36.4 Å². The number of ether oxygens (including phenoxy) is 1. The fourth-order valence-corrected chi connectivity index (χ4v) is 4.17. The number of nitrogens with zero attached hydrogens (tertiary/aromatic N) is 1. The zero-order valence-corrected chi connectivity index (χ0v) is 17.3. The third-order valence-electron chi connectivity index (χ3n) is 5.33. The van der Waals surface area contributed by atoms with E-state index >= 15 is 0 Å². The van der Waals surface area contributed by atoms with Crippen LogP contribution in [-0.4, -0.2) is 35.5 Å². The van der Waals surface area contributed by atoms with Crippen LogP contribution in [0.3, 0.4) is 0 Å². The number of aliphatic hydroxyl groups excluding tert-OH is 1. The molecule has 1 unspecified atom stereocenters. The zero-order chi connectivity index (χ0) is 20.1. The van der Waals surface area contributed by atoms with Crippen molar-refractivity contribution >= 4 is 17.4 Å². The summed E-state index contributed by atoms with van der Waals surface area (Å²) >= 11 is 6.03. The summed E-state index contributed by atoms with van der Waals surface area (Å²) in [5, 5.41) is 10.3. The second-order valence-electron chi connectivity index (χ2n) is 7.43. The van der Waals surface area contributed by atoms with Crippen LogP contribution >= 0.6 is 11.6 Å². The Bertz CT molecular complexity index is 837. The maximum atomic E-state index is 13.0. The first kappa shape index (κ1) is 20.8. The first-order chi connectivity index (χ1) is 13.5. The van der Waals surface area contributed by atoms with E-state index in [1.807, 2.05) is 44.2 Å². The number of carbonyl (C=O) groups is 1. The minimum Gasteiger partial charge on any atom is -0.494 e. The van der Waals surface area contributed by atoms with Gasteiger partial charge in [0.15, 0.2) is 5.78 Å². The molecule has 1 aliphatic heterocycles. The number of rotatable bonds is 7. The van der Waals surface area contributed by atoms with Gasteiger partial charge in [-0.1, -0.05) is 17.7 Å². The molecule has 2 aromatic rings. The molecule has 2 aromatic carbocycles. The number of likely N-dealkylation sites (tertiary alicyclic amines) is 1. The summed E-state index contributed by atoms with van der Waals surface area (Å²) in [5.41, 5.74) is 3.65. The van der Waals surface area contributed by atoms with E-state index < -0.39 is 0 Å². The number of piperidine rings is 1. The highest BCUT2D eigenvalue weighted by Gasteiger charge is 2.27. The van der Waals surface area contributed by atoms with Gasteiger partial charge in [0, 0.05) is 35.2 Å². The van der Waals surface area contributed by atoms with E-state index in [9.17, 15) is 9.90 Å². The average Bonchev–Trinajstić information content (AvgIpc) is 2.69. The van der Waals surface area contributed by atoms with Crippen LogP contribution in [0.1, 0.15) is 46.8 Å². The Labute approximate surface area is 172 Å². The fraction of sp³-hybridized carbons (Fsp3) is 0.435. The third kappa shape index (κ3) is 4.93. The number of halogens is 1. The van der Waals surface area contributed by atoms with Gasteiger partial charge in [0.05, 0.1) is 13.2 Å². The highest BCUT2D eigenvalue weighted by molar-refractivity contribution is 6.30. The molecule has 0 saturated carbocycles. The fourth-order valence-electron chi connectivity index (χ4n) is 3.95. The van der Waals surface area contributed by atoms with Gasteiger partial charge < -0.3 is 9.84 Å². The van der Waals surface area contributed by atoms with E-state index in [2.05, 4.69) is 4.90 Å². The molecule has 150 valence electrons. The summed E-state index contributed by atoms with van der Waals surface area (Å²) in [7, 11) is 0. The minimum absolute atomic E-state index is 0.00800. The van der Waals surface area contributed by atoms with Crippen LogP contribution in [0, 0.1) is 12.8 Å². The van der Waals surface area contributed by atoms with Crippen molar-refractivity contribution in [3.8, 4) is 5.75 Å². The summed E-state index contributed by atoms with van der Waals surface area (Å²) in [5.74, 6) is 0.953. The van der Waals surface area contributed by atoms with Crippen LogP contribution in [-0.2, 0) is 13.2 Å². The lowest BCUT2D eigenvalue weighted by atomic mass is 9.88. The third-order valence-corrected chi connectivity index (χ3v) is 5.57. The molecule has 1 saturated heterocycles. The lowest BCUT2D eigenvalue weighted by Gasteiger charge is -2.32. The number of carbonyl (C=O) groups excluding carboxylic acids is 1. The second kappa shape index (κ2) is 9.55.